The lowest BCUT2D eigenvalue weighted by molar-refractivity contribution is -0.140. The summed E-state index contributed by atoms with van der Waals surface area (Å²) in [5, 5.41) is 11.2. The van der Waals surface area contributed by atoms with Crippen LogP contribution in [0.3, 0.4) is 0 Å². The molecule has 1 unspecified atom stereocenters. The Morgan fingerprint density at radius 1 is 1.06 bits per heavy atom. The summed E-state index contributed by atoms with van der Waals surface area (Å²) in [6, 6.07) is 13.2. The van der Waals surface area contributed by atoms with Crippen molar-refractivity contribution < 1.29 is 28.9 Å². The molecule has 8 heteroatoms. The highest BCUT2D eigenvalue weighted by molar-refractivity contribution is 6.46. The lowest BCUT2D eigenvalue weighted by atomic mass is 9.95. The predicted octanol–water partition coefficient (Wildman–Crippen LogP) is 3.01. The van der Waals surface area contributed by atoms with Crippen molar-refractivity contribution in [3.8, 4) is 11.5 Å². The number of methoxy groups -OCH3 is 1. The van der Waals surface area contributed by atoms with Crippen molar-refractivity contribution in [2.24, 2.45) is 0 Å². The zero-order valence-corrected chi connectivity index (χ0v) is 19.8. The van der Waals surface area contributed by atoms with Crippen LogP contribution in [0.25, 0.3) is 5.76 Å². The molecule has 8 nitrogen and oxygen atoms in total. The smallest absolute Gasteiger partial charge is 0.295 e. The van der Waals surface area contributed by atoms with Gasteiger partial charge in [-0.1, -0.05) is 24.8 Å². The Morgan fingerprint density at radius 2 is 1.71 bits per heavy atom. The van der Waals surface area contributed by atoms with Crippen LogP contribution in [-0.4, -0.2) is 79.7 Å². The maximum atomic E-state index is 13.2. The maximum Gasteiger partial charge on any atom is 0.295 e. The molecular formula is C27H30N2O6. The molecule has 0 radical (unpaired) electrons. The fourth-order valence-corrected chi connectivity index (χ4v) is 4.34. The zero-order chi connectivity index (χ0) is 24.8. The minimum Gasteiger partial charge on any atom is -0.507 e. The summed E-state index contributed by atoms with van der Waals surface area (Å²) in [6.07, 6.45) is 1.66. The number of nitrogens with zero attached hydrogens (tertiary/aromatic N) is 2. The predicted molar refractivity (Wildman–Crippen MR) is 131 cm³/mol. The number of likely N-dealkylation sites (tertiary alicyclic amines) is 1. The minimum absolute atomic E-state index is 0.0712. The molecule has 2 aromatic rings. The molecule has 0 aromatic heterocycles. The molecule has 2 saturated heterocycles. The molecule has 1 atom stereocenters. The van der Waals surface area contributed by atoms with Crippen LogP contribution < -0.4 is 9.47 Å². The Hall–Kier alpha value is -3.62. The van der Waals surface area contributed by atoms with E-state index in [1.165, 1.54) is 0 Å². The number of aliphatic hydroxyl groups is 1. The van der Waals surface area contributed by atoms with Gasteiger partial charge in [-0.2, -0.15) is 0 Å². The molecule has 1 N–H and O–H groups in total. The number of rotatable bonds is 9. The Morgan fingerprint density at radius 3 is 2.34 bits per heavy atom. The molecule has 184 valence electrons. The number of Topliss-reactive ketones (excluding diaryl/α,β-unsaturated/α-hetero) is 1. The van der Waals surface area contributed by atoms with Crippen molar-refractivity contribution in [3.63, 3.8) is 0 Å². The van der Waals surface area contributed by atoms with Gasteiger partial charge in [0.25, 0.3) is 11.7 Å². The summed E-state index contributed by atoms with van der Waals surface area (Å²) >= 11 is 0. The summed E-state index contributed by atoms with van der Waals surface area (Å²) in [5.41, 5.74) is 1.22. The Kier molecular flexibility index (Phi) is 7.84. The van der Waals surface area contributed by atoms with Crippen LogP contribution in [0.15, 0.2) is 66.8 Å². The fourth-order valence-electron chi connectivity index (χ4n) is 4.34. The third-order valence-electron chi connectivity index (χ3n) is 6.23. The quantitative estimate of drug-likeness (QED) is 0.257. The summed E-state index contributed by atoms with van der Waals surface area (Å²) in [6.45, 7) is 7.81. The van der Waals surface area contributed by atoms with Gasteiger partial charge in [-0.3, -0.25) is 14.5 Å². The first-order valence-corrected chi connectivity index (χ1v) is 11.6. The van der Waals surface area contributed by atoms with E-state index in [1.54, 1.807) is 54.5 Å². The molecule has 2 aliphatic heterocycles. The Bertz CT molecular complexity index is 1090. The van der Waals surface area contributed by atoms with E-state index in [1.807, 2.05) is 12.1 Å². The summed E-state index contributed by atoms with van der Waals surface area (Å²) in [7, 11) is 1.55. The van der Waals surface area contributed by atoms with Crippen molar-refractivity contribution in [1.82, 2.24) is 9.80 Å². The normalized spacial score (nSPS) is 20.1. The molecule has 0 aliphatic carbocycles. The molecule has 4 rings (SSSR count). The number of hydrogen-bond acceptors (Lipinski definition) is 7. The molecule has 2 aliphatic rings. The minimum atomic E-state index is -0.716. The van der Waals surface area contributed by atoms with Crippen molar-refractivity contribution in [2.45, 2.75) is 6.04 Å². The van der Waals surface area contributed by atoms with Gasteiger partial charge in [-0.15, -0.1) is 0 Å². The molecular weight excluding hydrogens is 448 g/mol. The zero-order valence-electron chi connectivity index (χ0n) is 19.8. The van der Waals surface area contributed by atoms with Gasteiger partial charge in [0, 0.05) is 31.7 Å². The van der Waals surface area contributed by atoms with Gasteiger partial charge in [0.05, 0.1) is 31.9 Å². The van der Waals surface area contributed by atoms with Crippen LogP contribution in [0.2, 0.25) is 0 Å². The largest absolute Gasteiger partial charge is 0.507 e. The highest BCUT2D eigenvalue weighted by Crippen LogP contribution is 2.40. The number of amides is 1. The lowest BCUT2D eigenvalue weighted by Crippen LogP contribution is -2.42. The van der Waals surface area contributed by atoms with Crippen LogP contribution in [-0.2, 0) is 14.3 Å². The molecule has 35 heavy (non-hydrogen) atoms. The average Bonchev–Trinajstić information content (AvgIpc) is 3.16. The highest BCUT2D eigenvalue weighted by Gasteiger charge is 2.46. The third kappa shape index (κ3) is 5.39. The van der Waals surface area contributed by atoms with E-state index >= 15 is 0 Å². The highest BCUT2D eigenvalue weighted by atomic mass is 16.5. The van der Waals surface area contributed by atoms with Crippen LogP contribution in [0.4, 0.5) is 0 Å². The van der Waals surface area contributed by atoms with E-state index in [2.05, 4.69) is 11.5 Å². The number of benzene rings is 2. The monoisotopic (exact) mass is 478 g/mol. The van der Waals surface area contributed by atoms with Gasteiger partial charge in [0.2, 0.25) is 0 Å². The Labute approximate surface area is 205 Å². The van der Waals surface area contributed by atoms with Gasteiger partial charge in [-0.25, -0.2) is 0 Å². The van der Waals surface area contributed by atoms with Crippen LogP contribution in [0, 0.1) is 0 Å². The van der Waals surface area contributed by atoms with E-state index in [4.69, 9.17) is 14.2 Å². The number of carbonyl (C=O) groups excluding carboxylic acids is 2. The number of hydrogen-bond donors (Lipinski definition) is 1. The van der Waals surface area contributed by atoms with Gasteiger partial charge >= 0.3 is 0 Å². The molecule has 2 fully saturated rings. The van der Waals surface area contributed by atoms with Gasteiger partial charge < -0.3 is 24.2 Å². The van der Waals surface area contributed by atoms with E-state index in [-0.39, 0.29) is 11.3 Å². The molecule has 0 spiro atoms. The topological polar surface area (TPSA) is 88.5 Å². The second-order valence-corrected chi connectivity index (χ2v) is 8.34. The van der Waals surface area contributed by atoms with E-state index in [0.29, 0.717) is 55.5 Å². The Balaban J connectivity index is 1.70. The van der Waals surface area contributed by atoms with Crippen LogP contribution in [0.5, 0.6) is 11.5 Å². The van der Waals surface area contributed by atoms with E-state index in [0.717, 1.165) is 13.1 Å². The number of aliphatic hydroxyl groups excluding tert-OH is 1. The molecule has 0 bridgehead atoms. The fraction of sp³-hybridized carbons (Fsp3) is 0.333. The number of carbonyl (C=O) groups is 2. The molecule has 0 saturated carbocycles. The lowest BCUT2D eigenvalue weighted by Gasteiger charge is -2.31. The first-order chi connectivity index (χ1) is 17.0. The summed E-state index contributed by atoms with van der Waals surface area (Å²) < 4.78 is 16.2. The summed E-state index contributed by atoms with van der Waals surface area (Å²) in [4.78, 5) is 30.1. The van der Waals surface area contributed by atoms with Gasteiger partial charge in [0.1, 0.15) is 23.9 Å². The molecule has 2 heterocycles. The van der Waals surface area contributed by atoms with Crippen molar-refractivity contribution >= 4 is 17.4 Å². The van der Waals surface area contributed by atoms with E-state index in [9.17, 15) is 14.7 Å². The van der Waals surface area contributed by atoms with Gasteiger partial charge in [-0.05, 0) is 42.0 Å². The standard InChI is InChI=1S/C27H30N2O6/c1-3-16-35-22-10-4-19(5-11-22)24-23(25(30)20-6-8-21(33-2)9-7-20)26(31)27(32)29(24)13-12-28-14-17-34-18-15-28/h3-11,24,30H,1,12-18H2,2H3. The molecule has 2 aromatic carbocycles. The van der Waals surface area contributed by atoms with Crippen LogP contribution in [0.1, 0.15) is 17.2 Å². The van der Waals surface area contributed by atoms with Crippen LogP contribution >= 0.6 is 0 Å². The van der Waals surface area contributed by atoms with E-state index < -0.39 is 17.7 Å². The first-order valence-electron chi connectivity index (χ1n) is 11.6. The second kappa shape index (κ2) is 11.2. The number of morpholine rings is 1. The molecule has 1 amide bonds. The SMILES string of the molecule is C=CCOc1ccc(C2C(=C(O)c3ccc(OC)cc3)C(=O)C(=O)N2CCN2CCOCC2)cc1. The van der Waals surface area contributed by atoms with Gasteiger partial charge in [0.15, 0.2) is 0 Å². The second-order valence-electron chi connectivity index (χ2n) is 8.34. The van der Waals surface area contributed by atoms with Crippen molar-refractivity contribution in [2.75, 3.05) is 53.1 Å². The average molecular weight is 479 g/mol. The van der Waals surface area contributed by atoms with Crippen molar-refractivity contribution in [3.05, 3.63) is 77.9 Å². The number of ether oxygens (including phenoxy) is 3. The first kappa shape index (κ1) is 24.5. The summed E-state index contributed by atoms with van der Waals surface area (Å²) in [5.74, 6) is -0.257. The third-order valence-corrected chi connectivity index (χ3v) is 6.23. The van der Waals surface area contributed by atoms with Crippen molar-refractivity contribution in [1.29, 1.82) is 0 Å². The maximum absolute atomic E-state index is 13.2. The number of ketones is 1.